The SMILES string of the molecule is O=C(CN1C(=O)NC2(CCCCCCC2)C1=O)Nc1ccc(Oc2ccccc2)cc1. The lowest BCUT2D eigenvalue weighted by Crippen LogP contribution is -2.47. The number of ether oxygens (including phenoxy) is 1. The number of imide groups is 1. The highest BCUT2D eigenvalue weighted by Crippen LogP contribution is 2.32. The molecule has 0 bridgehead atoms. The number of rotatable bonds is 5. The summed E-state index contributed by atoms with van der Waals surface area (Å²) in [5.74, 6) is 0.676. The number of hydrogen-bond acceptors (Lipinski definition) is 4. The van der Waals surface area contributed by atoms with Gasteiger partial charge in [-0.05, 0) is 49.2 Å². The Labute approximate surface area is 181 Å². The molecule has 2 aliphatic rings. The Morgan fingerprint density at radius 1 is 0.903 bits per heavy atom. The van der Waals surface area contributed by atoms with Crippen molar-refractivity contribution in [2.24, 2.45) is 0 Å². The number of hydrogen-bond donors (Lipinski definition) is 2. The number of anilines is 1. The van der Waals surface area contributed by atoms with Gasteiger partial charge >= 0.3 is 6.03 Å². The quantitative estimate of drug-likeness (QED) is 0.698. The number of amides is 4. The minimum Gasteiger partial charge on any atom is -0.457 e. The lowest BCUT2D eigenvalue weighted by Gasteiger charge is -2.28. The van der Waals surface area contributed by atoms with E-state index in [9.17, 15) is 14.4 Å². The number of carbonyl (C=O) groups excluding carboxylic acids is 3. The standard InChI is InChI=1S/C24H27N3O4/c28-21(25-18-11-13-20(14-12-18)31-19-9-5-4-6-10-19)17-27-22(29)24(26-23(27)30)15-7-2-1-3-8-16-24/h4-6,9-14H,1-3,7-8,15-17H2,(H,25,28)(H,26,30). The fourth-order valence-electron chi connectivity index (χ4n) is 4.24. The van der Waals surface area contributed by atoms with Gasteiger partial charge in [0.1, 0.15) is 23.6 Å². The number of para-hydroxylation sites is 1. The van der Waals surface area contributed by atoms with Crippen LogP contribution in [0.2, 0.25) is 0 Å². The molecule has 2 N–H and O–H groups in total. The summed E-state index contributed by atoms with van der Waals surface area (Å²) in [6, 6.07) is 15.9. The summed E-state index contributed by atoms with van der Waals surface area (Å²) in [4.78, 5) is 39.0. The molecule has 4 rings (SSSR count). The Kier molecular flexibility index (Phi) is 6.21. The van der Waals surface area contributed by atoms with Crippen molar-refractivity contribution in [2.45, 2.75) is 50.5 Å². The number of benzene rings is 2. The van der Waals surface area contributed by atoms with Crippen molar-refractivity contribution in [1.29, 1.82) is 0 Å². The third-order valence-corrected chi connectivity index (χ3v) is 5.87. The van der Waals surface area contributed by atoms with Crippen LogP contribution in [0.4, 0.5) is 10.5 Å². The van der Waals surface area contributed by atoms with Crippen molar-refractivity contribution in [3.05, 3.63) is 54.6 Å². The minimum atomic E-state index is -0.839. The van der Waals surface area contributed by atoms with Crippen molar-refractivity contribution in [2.75, 3.05) is 11.9 Å². The molecule has 7 nitrogen and oxygen atoms in total. The summed E-state index contributed by atoms with van der Waals surface area (Å²) in [6.45, 7) is -0.297. The molecule has 4 amide bonds. The molecular weight excluding hydrogens is 394 g/mol. The van der Waals surface area contributed by atoms with E-state index < -0.39 is 17.5 Å². The van der Waals surface area contributed by atoms with E-state index in [-0.39, 0.29) is 12.5 Å². The van der Waals surface area contributed by atoms with E-state index >= 15 is 0 Å². The minimum absolute atomic E-state index is 0.277. The third-order valence-electron chi connectivity index (χ3n) is 5.87. The molecule has 1 aliphatic carbocycles. The first kappa shape index (κ1) is 20.9. The predicted octanol–water partition coefficient (Wildman–Crippen LogP) is 4.45. The molecular formula is C24H27N3O4. The smallest absolute Gasteiger partial charge is 0.325 e. The van der Waals surface area contributed by atoms with Crippen molar-refractivity contribution < 1.29 is 19.1 Å². The maximum absolute atomic E-state index is 13.0. The van der Waals surface area contributed by atoms with Crippen LogP contribution < -0.4 is 15.4 Å². The van der Waals surface area contributed by atoms with Gasteiger partial charge < -0.3 is 15.4 Å². The summed E-state index contributed by atoms with van der Waals surface area (Å²) in [6.07, 6.45) is 6.38. The molecule has 0 aromatic heterocycles. The summed E-state index contributed by atoms with van der Waals surface area (Å²) in [5.41, 5.74) is -0.271. The van der Waals surface area contributed by atoms with Crippen LogP contribution in [0.25, 0.3) is 0 Å². The Hall–Kier alpha value is -3.35. The second-order valence-corrected chi connectivity index (χ2v) is 8.16. The Bertz CT molecular complexity index is 935. The van der Waals surface area contributed by atoms with E-state index in [4.69, 9.17) is 4.74 Å². The van der Waals surface area contributed by atoms with Crippen LogP contribution in [0.15, 0.2) is 54.6 Å². The van der Waals surface area contributed by atoms with Gasteiger partial charge in [0.05, 0.1) is 0 Å². The molecule has 1 spiro atoms. The number of carbonyl (C=O) groups is 3. The molecule has 0 atom stereocenters. The molecule has 1 saturated heterocycles. The summed E-state index contributed by atoms with van der Waals surface area (Å²) >= 11 is 0. The highest BCUT2D eigenvalue weighted by Gasteiger charge is 2.50. The summed E-state index contributed by atoms with van der Waals surface area (Å²) < 4.78 is 5.74. The van der Waals surface area contributed by atoms with Crippen LogP contribution in [-0.4, -0.2) is 34.8 Å². The highest BCUT2D eigenvalue weighted by atomic mass is 16.5. The number of urea groups is 1. The second-order valence-electron chi connectivity index (χ2n) is 8.16. The first-order chi connectivity index (χ1) is 15.1. The largest absolute Gasteiger partial charge is 0.457 e. The molecule has 7 heteroatoms. The third kappa shape index (κ3) is 4.87. The van der Waals surface area contributed by atoms with Crippen LogP contribution in [0.3, 0.4) is 0 Å². The van der Waals surface area contributed by atoms with Gasteiger partial charge in [0.25, 0.3) is 5.91 Å². The van der Waals surface area contributed by atoms with Crippen LogP contribution in [0, 0.1) is 0 Å². The topological polar surface area (TPSA) is 87.7 Å². The highest BCUT2D eigenvalue weighted by molar-refractivity contribution is 6.10. The van der Waals surface area contributed by atoms with Gasteiger partial charge in [-0.1, -0.05) is 50.3 Å². The molecule has 0 radical (unpaired) electrons. The molecule has 2 fully saturated rings. The maximum Gasteiger partial charge on any atom is 0.325 e. The maximum atomic E-state index is 13.0. The van der Waals surface area contributed by atoms with Gasteiger partial charge in [-0.3, -0.25) is 14.5 Å². The van der Waals surface area contributed by atoms with Crippen molar-refractivity contribution in [3.63, 3.8) is 0 Å². The van der Waals surface area contributed by atoms with Crippen LogP contribution >= 0.6 is 0 Å². The zero-order valence-electron chi connectivity index (χ0n) is 17.4. The Morgan fingerprint density at radius 3 is 2.19 bits per heavy atom. The van der Waals surface area contributed by atoms with E-state index in [1.54, 1.807) is 24.3 Å². The van der Waals surface area contributed by atoms with E-state index in [1.165, 1.54) is 6.42 Å². The molecule has 1 aliphatic heterocycles. The first-order valence-corrected chi connectivity index (χ1v) is 10.8. The fourth-order valence-corrected chi connectivity index (χ4v) is 4.24. The molecule has 162 valence electrons. The summed E-state index contributed by atoms with van der Waals surface area (Å²) in [5, 5.41) is 5.62. The molecule has 2 aromatic carbocycles. The Balaban J connectivity index is 1.35. The zero-order valence-corrected chi connectivity index (χ0v) is 17.4. The molecule has 31 heavy (non-hydrogen) atoms. The zero-order chi connectivity index (χ0) is 21.7. The lowest BCUT2D eigenvalue weighted by atomic mass is 9.84. The number of nitrogens with one attached hydrogen (secondary N) is 2. The molecule has 2 aromatic rings. The van der Waals surface area contributed by atoms with Gasteiger partial charge in [-0.15, -0.1) is 0 Å². The fraction of sp³-hybridized carbons (Fsp3) is 0.375. The van der Waals surface area contributed by atoms with Crippen LogP contribution in [-0.2, 0) is 9.59 Å². The van der Waals surface area contributed by atoms with E-state index in [0.717, 1.165) is 36.3 Å². The van der Waals surface area contributed by atoms with Gasteiger partial charge in [0.15, 0.2) is 0 Å². The van der Waals surface area contributed by atoms with Crippen molar-refractivity contribution in [1.82, 2.24) is 10.2 Å². The first-order valence-electron chi connectivity index (χ1n) is 10.8. The van der Waals surface area contributed by atoms with E-state index in [1.807, 2.05) is 30.3 Å². The van der Waals surface area contributed by atoms with E-state index in [0.29, 0.717) is 24.3 Å². The van der Waals surface area contributed by atoms with Crippen LogP contribution in [0.5, 0.6) is 11.5 Å². The van der Waals surface area contributed by atoms with Gasteiger partial charge in [0.2, 0.25) is 5.91 Å². The molecule has 1 heterocycles. The molecule has 0 unspecified atom stereocenters. The lowest BCUT2D eigenvalue weighted by molar-refractivity contribution is -0.134. The van der Waals surface area contributed by atoms with Gasteiger partial charge in [0, 0.05) is 5.69 Å². The summed E-state index contributed by atoms with van der Waals surface area (Å²) in [7, 11) is 0. The Morgan fingerprint density at radius 2 is 1.52 bits per heavy atom. The second kappa shape index (κ2) is 9.20. The van der Waals surface area contributed by atoms with Gasteiger partial charge in [-0.25, -0.2) is 4.79 Å². The number of nitrogens with zero attached hydrogens (tertiary/aromatic N) is 1. The monoisotopic (exact) mass is 421 g/mol. The average Bonchev–Trinajstić information content (AvgIpc) is 2.98. The van der Waals surface area contributed by atoms with E-state index in [2.05, 4.69) is 10.6 Å². The van der Waals surface area contributed by atoms with Crippen molar-refractivity contribution in [3.8, 4) is 11.5 Å². The van der Waals surface area contributed by atoms with Gasteiger partial charge in [-0.2, -0.15) is 0 Å². The average molecular weight is 421 g/mol. The van der Waals surface area contributed by atoms with Crippen molar-refractivity contribution >= 4 is 23.5 Å². The predicted molar refractivity (Wildman–Crippen MR) is 117 cm³/mol. The molecule has 1 saturated carbocycles. The normalized spacial score (nSPS) is 18.3. The van der Waals surface area contributed by atoms with Crippen LogP contribution in [0.1, 0.15) is 44.9 Å².